The van der Waals surface area contributed by atoms with Crippen LogP contribution in [0, 0.1) is 16.9 Å². The predicted molar refractivity (Wildman–Crippen MR) is 75.1 cm³/mol. The SMILES string of the molecule is CC(C)(C)[C@@H]1CCC[C@@H](C#C[Si](C)(C)C)N1. The minimum Gasteiger partial charge on any atom is -0.300 e. The first-order chi connectivity index (χ1) is 7.18. The quantitative estimate of drug-likeness (QED) is 0.503. The van der Waals surface area contributed by atoms with Crippen molar-refractivity contribution in [1.82, 2.24) is 5.32 Å². The van der Waals surface area contributed by atoms with Gasteiger partial charge in [0.25, 0.3) is 0 Å². The molecule has 1 aliphatic rings. The Morgan fingerprint density at radius 3 is 2.25 bits per heavy atom. The lowest BCUT2D eigenvalue weighted by Gasteiger charge is -2.37. The zero-order chi connectivity index (χ0) is 12.4. The van der Waals surface area contributed by atoms with E-state index in [9.17, 15) is 0 Å². The van der Waals surface area contributed by atoms with Gasteiger partial charge in [-0.05, 0) is 24.7 Å². The van der Waals surface area contributed by atoms with Crippen molar-refractivity contribution in [2.75, 3.05) is 0 Å². The van der Waals surface area contributed by atoms with Gasteiger partial charge in [0.05, 0.1) is 6.04 Å². The highest BCUT2D eigenvalue weighted by atomic mass is 28.3. The average Bonchev–Trinajstić information content (AvgIpc) is 2.13. The molecule has 0 bridgehead atoms. The second-order valence-electron chi connectivity index (χ2n) is 7.09. The fraction of sp³-hybridized carbons (Fsp3) is 0.857. The van der Waals surface area contributed by atoms with E-state index in [2.05, 4.69) is 57.2 Å². The summed E-state index contributed by atoms with van der Waals surface area (Å²) in [6.45, 7) is 13.9. The van der Waals surface area contributed by atoms with Crippen LogP contribution >= 0.6 is 0 Å². The number of hydrogen-bond donors (Lipinski definition) is 1. The Hall–Kier alpha value is -0.263. The number of piperidine rings is 1. The van der Waals surface area contributed by atoms with Gasteiger partial charge in [-0.2, -0.15) is 0 Å². The molecule has 0 unspecified atom stereocenters. The van der Waals surface area contributed by atoms with E-state index in [4.69, 9.17) is 0 Å². The van der Waals surface area contributed by atoms with Crippen LogP contribution in [-0.2, 0) is 0 Å². The van der Waals surface area contributed by atoms with Crippen LogP contribution in [-0.4, -0.2) is 20.2 Å². The van der Waals surface area contributed by atoms with Gasteiger partial charge in [-0.15, -0.1) is 5.54 Å². The largest absolute Gasteiger partial charge is 0.300 e. The normalized spacial score (nSPS) is 27.1. The Morgan fingerprint density at radius 1 is 1.12 bits per heavy atom. The molecule has 1 saturated heterocycles. The van der Waals surface area contributed by atoms with Crippen molar-refractivity contribution in [2.45, 2.75) is 71.8 Å². The number of rotatable bonds is 0. The Morgan fingerprint density at radius 2 is 1.75 bits per heavy atom. The van der Waals surface area contributed by atoms with E-state index in [1.165, 1.54) is 19.3 Å². The first kappa shape index (κ1) is 13.8. The van der Waals surface area contributed by atoms with Gasteiger partial charge in [-0.3, -0.25) is 0 Å². The second kappa shape index (κ2) is 4.94. The van der Waals surface area contributed by atoms with Crippen LogP contribution in [0.25, 0.3) is 0 Å². The lowest BCUT2D eigenvalue weighted by Crippen LogP contribution is -2.48. The maximum atomic E-state index is 3.71. The van der Waals surface area contributed by atoms with Crippen LogP contribution in [0.1, 0.15) is 40.0 Å². The van der Waals surface area contributed by atoms with Gasteiger partial charge in [0.2, 0.25) is 0 Å². The van der Waals surface area contributed by atoms with E-state index in [0.29, 0.717) is 17.5 Å². The molecule has 0 aliphatic carbocycles. The van der Waals surface area contributed by atoms with Crippen molar-refractivity contribution in [3.05, 3.63) is 0 Å². The smallest absolute Gasteiger partial charge is 0.129 e. The minimum atomic E-state index is -1.21. The molecule has 92 valence electrons. The third kappa shape index (κ3) is 4.72. The molecule has 0 radical (unpaired) electrons. The van der Waals surface area contributed by atoms with Gasteiger partial charge >= 0.3 is 0 Å². The van der Waals surface area contributed by atoms with E-state index in [1.54, 1.807) is 0 Å². The highest BCUT2D eigenvalue weighted by Crippen LogP contribution is 2.27. The van der Waals surface area contributed by atoms with Crippen molar-refractivity contribution in [3.8, 4) is 11.5 Å². The summed E-state index contributed by atoms with van der Waals surface area (Å²) in [7, 11) is -1.21. The molecule has 1 fully saturated rings. The monoisotopic (exact) mass is 237 g/mol. The van der Waals surface area contributed by atoms with E-state index in [-0.39, 0.29) is 0 Å². The highest BCUT2D eigenvalue weighted by molar-refractivity contribution is 6.83. The Kier molecular flexibility index (Phi) is 4.26. The topological polar surface area (TPSA) is 12.0 Å². The summed E-state index contributed by atoms with van der Waals surface area (Å²) >= 11 is 0. The Balaban J connectivity index is 2.60. The number of nitrogens with one attached hydrogen (secondary N) is 1. The maximum Gasteiger partial charge on any atom is 0.129 e. The van der Waals surface area contributed by atoms with Gasteiger partial charge in [0.1, 0.15) is 8.07 Å². The van der Waals surface area contributed by atoms with Crippen LogP contribution in [0.2, 0.25) is 19.6 Å². The maximum absolute atomic E-state index is 3.71. The molecule has 1 N–H and O–H groups in total. The summed E-state index contributed by atoms with van der Waals surface area (Å²) in [5, 5.41) is 3.71. The van der Waals surface area contributed by atoms with Gasteiger partial charge in [-0.1, -0.05) is 46.3 Å². The van der Waals surface area contributed by atoms with E-state index in [1.807, 2.05) is 0 Å². The number of hydrogen-bond acceptors (Lipinski definition) is 1. The molecule has 1 aliphatic heterocycles. The minimum absolute atomic E-state index is 0.361. The molecule has 0 saturated carbocycles. The van der Waals surface area contributed by atoms with Crippen LogP contribution in [0.15, 0.2) is 0 Å². The van der Waals surface area contributed by atoms with Crippen LogP contribution in [0.3, 0.4) is 0 Å². The summed E-state index contributed by atoms with van der Waals surface area (Å²) in [6.07, 6.45) is 3.85. The zero-order valence-corrected chi connectivity index (χ0v) is 12.8. The molecule has 0 aromatic rings. The van der Waals surface area contributed by atoms with E-state index >= 15 is 0 Å². The zero-order valence-electron chi connectivity index (χ0n) is 11.8. The first-order valence-corrected chi connectivity index (χ1v) is 9.97. The molecule has 1 heterocycles. The Labute approximate surface area is 102 Å². The van der Waals surface area contributed by atoms with Gasteiger partial charge < -0.3 is 5.32 Å². The molecular formula is C14H27NSi. The molecule has 1 rings (SSSR count). The first-order valence-electron chi connectivity index (χ1n) is 6.47. The lowest BCUT2D eigenvalue weighted by molar-refractivity contribution is 0.210. The summed E-state index contributed by atoms with van der Waals surface area (Å²) < 4.78 is 0. The van der Waals surface area contributed by atoms with Crippen LogP contribution in [0.4, 0.5) is 0 Å². The van der Waals surface area contributed by atoms with Crippen molar-refractivity contribution in [2.24, 2.45) is 5.41 Å². The van der Waals surface area contributed by atoms with E-state index in [0.717, 1.165) is 0 Å². The molecule has 1 nitrogen and oxygen atoms in total. The molecule has 0 aromatic carbocycles. The summed E-state index contributed by atoms with van der Waals surface area (Å²) in [6, 6.07) is 1.06. The fourth-order valence-corrected chi connectivity index (χ4v) is 2.64. The van der Waals surface area contributed by atoms with Crippen molar-refractivity contribution >= 4 is 8.07 Å². The van der Waals surface area contributed by atoms with Gasteiger partial charge in [0, 0.05) is 6.04 Å². The summed E-state index contributed by atoms with van der Waals surface area (Å²) in [4.78, 5) is 0. The molecule has 16 heavy (non-hydrogen) atoms. The van der Waals surface area contributed by atoms with Crippen molar-refractivity contribution in [3.63, 3.8) is 0 Å². The van der Waals surface area contributed by atoms with E-state index < -0.39 is 8.07 Å². The summed E-state index contributed by atoms with van der Waals surface area (Å²) in [5.74, 6) is 3.46. The highest BCUT2D eigenvalue weighted by Gasteiger charge is 2.29. The molecule has 2 atom stereocenters. The molecule has 2 heteroatoms. The second-order valence-corrected chi connectivity index (χ2v) is 11.8. The van der Waals surface area contributed by atoms with Crippen LogP contribution in [0.5, 0.6) is 0 Å². The lowest BCUT2D eigenvalue weighted by atomic mass is 9.81. The van der Waals surface area contributed by atoms with Gasteiger partial charge in [0.15, 0.2) is 0 Å². The molecule has 0 aromatic heterocycles. The van der Waals surface area contributed by atoms with Gasteiger partial charge in [-0.25, -0.2) is 0 Å². The van der Waals surface area contributed by atoms with Crippen molar-refractivity contribution < 1.29 is 0 Å². The van der Waals surface area contributed by atoms with Crippen LogP contribution < -0.4 is 5.32 Å². The third-order valence-corrected chi connectivity index (χ3v) is 3.95. The predicted octanol–water partition coefficient (Wildman–Crippen LogP) is 3.42. The average molecular weight is 237 g/mol. The standard InChI is InChI=1S/C14H27NSi/c1-14(2,3)13-9-7-8-12(15-13)10-11-16(4,5)6/h12-13,15H,7-9H2,1-6H3/t12-,13-/m0/s1. The molecule has 0 spiro atoms. The molecule has 0 amide bonds. The molecular weight excluding hydrogens is 210 g/mol. The third-order valence-electron chi connectivity index (χ3n) is 3.05. The van der Waals surface area contributed by atoms with Crippen molar-refractivity contribution in [1.29, 1.82) is 0 Å². The fourth-order valence-electron chi connectivity index (χ4n) is 2.04. The summed E-state index contributed by atoms with van der Waals surface area (Å²) in [5.41, 5.74) is 3.85. The Bertz CT molecular complexity index is 285.